The number of nitrogens with zero attached hydrogens (tertiary/aromatic N) is 4. The molecule has 1 saturated heterocycles. The number of halogens is 1. The summed E-state index contributed by atoms with van der Waals surface area (Å²) in [5.41, 5.74) is 3.51. The number of likely N-dealkylation sites (N-methyl/N-ethyl adjacent to an activating group) is 1. The number of anilines is 1. The summed E-state index contributed by atoms with van der Waals surface area (Å²) in [7, 11) is 1.62. The Kier molecular flexibility index (Phi) is 3.70. The van der Waals surface area contributed by atoms with Crippen molar-refractivity contribution in [2.24, 2.45) is 4.99 Å². The highest BCUT2D eigenvalue weighted by atomic mass is 19.1. The van der Waals surface area contributed by atoms with Crippen LogP contribution in [-0.4, -0.2) is 47.0 Å². The van der Waals surface area contributed by atoms with Crippen LogP contribution in [0.15, 0.2) is 59.7 Å². The second-order valence-electron chi connectivity index (χ2n) is 7.30. The van der Waals surface area contributed by atoms with Crippen molar-refractivity contribution in [2.45, 2.75) is 19.1 Å². The largest absolute Gasteiger partial charge is 0.325 e. The molecular weight excluding hydrogens is 373 g/mol. The van der Waals surface area contributed by atoms with Gasteiger partial charge in [-0.3, -0.25) is 19.9 Å². The van der Waals surface area contributed by atoms with Crippen molar-refractivity contribution < 1.29 is 14.0 Å². The number of hydrogen-bond donors (Lipinski definition) is 1. The molecule has 0 aliphatic carbocycles. The number of nitrogens with one attached hydrogen (secondary N) is 1. The normalized spacial score (nSPS) is 22.9. The molecule has 0 radical (unpaired) electrons. The maximum atomic E-state index is 13.5. The molecule has 0 aromatic heterocycles. The number of carbonyl (C=O) groups excluding carboxylic acids is 2. The number of guanidine groups is 1. The average molecular weight is 391 g/mol. The molecule has 7 nitrogen and oxygen atoms in total. The minimum absolute atomic E-state index is 0.320. The predicted octanol–water partition coefficient (Wildman–Crippen LogP) is 2.50. The van der Waals surface area contributed by atoms with Crippen LogP contribution in [-0.2, 0) is 4.79 Å². The zero-order valence-electron chi connectivity index (χ0n) is 15.8. The monoisotopic (exact) mass is 391 g/mol. The standard InChI is InChI=1S/C21H18FN5O2/c1-12-4-3-5-15(10-12)27-16(13-6-8-14(22)9-7-13)11-26-17-18(23-20(26)27)25(2)21(29)24-19(17)28/h3-11,17-18H,1-2H3,(H,24,28,29). The number of imide groups is 1. The molecule has 2 aromatic rings. The van der Waals surface area contributed by atoms with Crippen molar-refractivity contribution in [3.63, 3.8) is 0 Å². The lowest BCUT2D eigenvalue weighted by Crippen LogP contribution is -2.62. The maximum absolute atomic E-state index is 13.5. The predicted molar refractivity (Wildman–Crippen MR) is 106 cm³/mol. The van der Waals surface area contributed by atoms with E-state index in [1.807, 2.05) is 42.3 Å². The summed E-state index contributed by atoms with van der Waals surface area (Å²) in [6.45, 7) is 1.99. The Morgan fingerprint density at radius 1 is 1.10 bits per heavy atom. The molecule has 3 heterocycles. The first kappa shape index (κ1) is 17.4. The van der Waals surface area contributed by atoms with Crippen LogP contribution in [0.4, 0.5) is 14.9 Å². The van der Waals surface area contributed by atoms with Gasteiger partial charge in [0, 0.05) is 24.5 Å². The van der Waals surface area contributed by atoms with Crippen LogP contribution in [0, 0.1) is 12.7 Å². The zero-order valence-corrected chi connectivity index (χ0v) is 15.8. The molecule has 3 amide bonds. The Bertz CT molecular complexity index is 1090. The third-order valence-corrected chi connectivity index (χ3v) is 5.38. The van der Waals surface area contributed by atoms with Crippen molar-refractivity contribution in [2.75, 3.05) is 11.9 Å². The Labute approximate surface area is 166 Å². The van der Waals surface area contributed by atoms with Crippen LogP contribution in [0.3, 0.4) is 0 Å². The fourth-order valence-electron chi connectivity index (χ4n) is 3.93. The van der Waals surface area contributed by atoms with E-state index in [9.17, 15) is 14.0 Å². The highest BCUT2D eigenvalue weighted by Gasteiger charge is 2.52. The van der Waals surface area contributed by atoms with Gasteiger partial charge >= 0.3 is 6.03 Å². The van der Waals surface area contributed by atoms with Crippen LogP contribution >= 0.6 is 0 Å². The molecule has 8 heteroatoms. The fourth-order valence-corrected chi connectivity index (χ4v) is 3.93. The number of benzene rings is 2. The van der Waals surface area contributed by atoms with Gasteiger partial charge in [-0.25, -0.2) is 14.2 Å². The fraction of sp³-hybridized carbons (Fsp3) is 0.190. The van der Waals surface area contributed by atoms with E-state index in [0.29, 0.717) is 5.96 Å². The molecule has 1 N–H and O–H groups in total. The molecular formula is C21H18FN5O2. The molecule has 2 atom stereocenters. The van der Waals surface area contributed by atoms with E-state index >= 15 is 0 Å². The average Bonchev–Trinajstić information content (AvgIpc) is 3.23. The summed E-state index contributed by atoms with van der Waals surface area (Å²) >= 11 is 0. The first-order valence-corrected chi connectivity index (χ1v) is 9.22. The van der Waals surface area contributed by atoms with Crippen molar-refractivity contribution in [3.8, 4) is 0 Å². The van der Waals surface area contributed by atoms with Gasteiger partial charge in [-0.05, 0) is 48.9 Å². The van der Waals surface area contributed by atoms with Gasteiger partial charge in [-0.1, -0.05) is 12.1 Å². The zero-order chi connectivity index (χ0) is 20.3. The summed E-state index contributed by atoms with van der Waals surface area (Å²) < 4.78 is 13.5. The number of hydrogen-bond acceptors (Lipinski definition) is 5. The minimum Gasteiger partial charge on any atom is -0.303 e. The molecule has 3 aliphatic rings. The Morgan fingerprint density at radius 2 is 1.86 bits per heavy atom. The molecule has 0 saturated carbocycles. The lowest BCUT2D eigenvalue weighted by atomic mass is 10.1. The van der Waals surface area contributed by atoms with E-state index in [-0.39, 0.29) is 5.82 Å². The highest BCUT2D eigenvalue weighted by molar-refractivity contribution is 6.16. The molecule has 0 spiro atoms. The number of aliphatic imine (C=N–C) groups is 1. The third kappa shape index (κ3) is 2.60. The van der Waals surface area contributed by atoms with Crippen molar-refractivity contribution in [1.82, 2.24) is 15.1 Å². The van der Waals surface area contributed by atoms with Crippen molar-refractivity contribution >= 4 is 29.3 Å². The summed E-state index contributed by atoms with van der Waals surface area (Å²) in [5, 5.41) is 2.37. The third-order valence-electron chi connectivity index (χ3n) is 5.38. The van der Waals surface area contributed by atoms with E-state index in [0.717, 1.165) is 22.5 Å². The van der Waals surface area contributed by atoms with Crippen molar-refractivity contribution in [3.05, 3.63) is 71.7 Å². The van der Waals surface area contributed by atoms with Crippen LogP contribution in [0.2, 0.25) is 0 Å². The lowest BCUT2D eigenvalue weighted by Gasteiger charge is -2.34. The SMILES string of the molecule is Cc1cccc(N2C(c3ccc(F)cc3)=CN3C2=NC2C3C(=O)NC(=O)N2C)c1. The number of fused-ring (bicyclic) bond motifs is 3. The summed E-state index contributed by atoms with van der Waals surface area (Å²) in [5.74, 6) is -0.154. The smallest absolute Gasteiger partial charge is 0.303 e. The van der Waals surface area contributed by atoms with E-state index in [1.54, 1.807) is 24.1 Å². The number of urea groups is 1. The molecule has 3 aliphatic heterocycles. The number of amides is 3. The summed E-state index contributed by atoms with van der Waals surface area (Å²) in [6.07, 6.45) is 1.23. The lowest BCUT2D eigenvalue weighted by molar-refractivity contribution is -0.126. The quantitative estimate of drug-likeness (QED) is 0.854. The van der Waals surface area contributed by atoms with Crippen LogP contribution in [0.25, 0.3) is 5.70 Å². The Balaban J connectivity index is 1.65. The Hall–Kier alpha value is -3.68. The van der Waals surface area contributed by atoms with Gasteiger partial charge in [0.1, 0.15) is 5.82 Å². The number of carbonyl (C=O) groups is 2. The molecule has 0 bridgehead atoms. The second kappa shape index (κ2) is 6.16. The van der Waals surface area contributed by atoms with Gasteiger partial charge in [0.25, 0.3) is 5.91 Å². The van der Waals surface area contributed by atoms with Gasteiger partial charge in [-0.15, -0.1) is 0 Å². The number of rotatable bonds is 2. The van der Waals surface area contributed by atoms with Gasteiger partial charge in [0.2, 0.25) is 5.96 Å². The summed E-state index contributed by atoms with van der Waals surface area (Å²) in [6, 6.07) is 13.0. The minimum atomic E-state index is -0.655. The highest BCUT2D eigenvalue weighted by Crippen LogP contribution is 2.39. The molecule has 1 fully saturated rings. The van der Waals surface area contributed by atoms with E-state index in [1.165, 1.54) is 17.0 Å². The Morgan fingerprint density at radius 3 is 2.59 bits per heavy atom. The van der Waals surface area contributed by atoms with Crippen LogP contribution < -0.4 is 10.2 Å². The van der Waals surface area contributed by atoms with Crippen LogP contribution in [0.1, 0.15) is 11.1 Å². The summed E-state index contributed by atoms with van der Waals surface area (Å²) in [4.78, 5) is 34.5. The molecule has 2 unspecified atom stereocenters. The molecule has 2 aromatic carbocycles. The molecule has 29 heavy (non-hydrogen) atoms. The van der Waals surface area contributed by atoms with Gasteiger partial charge in [0.15, 0.2) is 12.2 Å². The van der Waals surface area contributed by atoms with Crippen molar-refractivity contribution in [1.29, 1.82) is 0 Å². The molecule has 5 rings (SSSR count). The van der Waals surface area contributed by atoms with Crippen LogP contribution in [0.5, 0.6) is 0 Å². The van der Waals surface area contributed by atoms with Gasteiger partial charge < -0.3 is 4.90 Å². The maximum Gasteiger partial charge on any atom is 0.325 e. The first-order chi connectivity index (χ1) is 13.9. The van der Waals surface area contributed by atoms with Gasteiger partial charge in [-0.2, -0.15) is 0 Å². The van der Waals surface area contributed by atoms with E-state index in [4.69, 9.17) is 4.99 Å². The number of aryl methyl sites for hydroxylation is 1. The molecule has 146 valence electrons. The first-order valence-electron chi connectivity index (χ1n) is 9.22. The second-order valence-corrected chi connectivity index (χ2v) is 7.30. The van der Waals surface area contributed by atoms with E-state index < -0.39 is 24.1 Å². The topological polar surface area (TPSA) is 68.2 Å². The van der Waals surface area contributed by atoms with E-state index in [2.05, 4.69) is 5.32 Å². The van der Waals surface area contributed by atoms with Gasteiger partial charge in [0.05, 0.1) is 5.70 Å².